The van der Waals surface area contributed by atoms with Gasteiger partial charge in [0.15, 0.2) is 0 Å². The Kier molecular flexibility index (Phi) is 4.45. The van der Waals surface area contributed by atoms with Crippen molar-refractivity contribution in [2.24, 2.45) is 0 Å². The third kappa shape index (κ3) is 3.20. The van der Waals surface area contributed by atoms with Gasteiger partial charge in [-0.15, -0.1) is 0 Å². The molecule has 0 bridgehead atoms. The molecule has 2 N–H and O–H groups in total. The monoisotopic (exact) mass is 271 g/mol. The molecule has 0 radical (unpaired) electrons. The van der Waals surface area contributed by atoms with Crippen LogP contribution in [0.1, 0.15) is 12.5 Å². The van der Waals surface area contributed by atoms with E-state index in [9.17, 15) is 0 Å². The van der Waals surface area contributed by atoms with Gasteiger partial charge >= 0.3 is 0 Å². The van der Waals surface area contributed by atoms with Crippen molar-refractivity contribution in [1.82, 2.24) is 4.98 Å². The maximum absolute atomic E-state index is 5.79. The summed E-state index contributed by atoms with van der Waals surface area (Å²) in [5, 5.41) is 0. The summed E-state index contributed by atoms with van der Waals surface area (Å²) in [6.07, 6.45) is 4.38. The highest BCUT2D eigenvalue weighted by Crippen LogP contribution is 2.23. The summed E-state index contributed by atoms with van der Waals surface area (Å²) < 4.78 is 5.40. The van der Waals surface area contributed by atoms with Crippen LogP contribution in [-0.2, 0) is 6.42 Å². The van der Waals surface area contributed by atoms with E-state index in [2.05, 4.69) is 29.9 Å². The van der Waals surface area contributed by atoms with Crippen molar-refractivity contribution in [2.45, 2.75) is 19.4 Å². The molecule has 0 saturated heterocycles. The number of nitrogen functional groups attached to an aromatic ring is 1. The normalized spacial score (nSPS) is 11.9. The van der Waals surface area contributed by atoms with Gasteiger partial charge in [-0.2, -0.15) is 0 Å². The topological polar surface area (TPSA) is 51.4 Å². The Bertz CT molecular complexity index is 571. The molecule has 20 heavy (non-hydrogen) atoms. The molecule has 0 saturated carbocycles. The Labute approximate surface area is 120 Å². The lowest BCUT2D eigenvalue weighted by Crippen LogP contribution is -2.31. The van der Waals surface area contributed by atoms with E-state index >= 15 is 0 Å². The van der Waals surface area contributed by atoms with Crippen LogP contribution in [0.5, 0.6) is 5.75 Å². The number of para-hydroxylation sites is 1. The van der Waals surface area contributed by atoms with Crippen molar-refractivity contribution in [3.8, 4) is 5.75 Å². The summed E-state index contributed by atoms with van der Waals surface area (Å²) >= 11 is 0. The van der Waals surface area contributed by atoms with Gasteiger partial charge in [-0.1, -0.05) is 18.2 Å². The number of pyridine rings is 1. The van der Waals surface area contributed by atoms with Crippen molar-refractivity contribution in [1.29, 1.82) is 0 Å². The number of nitrogens with two attached hydrogens (primary N) is 1. The zero-order valence-corrected chi connectivity index (χ0v) is 12.2. The van der Waals surface area contributed by atoms with Crippen LogP contribution in [0.4, 0.5) is 11.4 Å². The van der Waals surface area contributed by atoms with Crippen LogP contribution in [0.3, 0.4) is 0 Å². The predicted molar refractivity (Wildman–Crippen MR) is 83.2 cm³/mol. The van der Waals surface area contributed by atoms with E-state index in [1.807, 2.05) is 30.5 Å². The van der Waals surface area contributed by atoms with Crippen molar-refractivity contribution in [3.63, 3.8) is 0 Å². The van der Waals surface area contributed by atoms with E-state index < -0.39 is 0 Å². The molecule has 1 atom stereocenters. The van der Waals surface area contributed by atoms with E-state index in [4.69, 9.17) is 10.5 Å². The maximum atomic E-state index is 5.79. The lowest BCUT2D eigenvalue weighted by atomic mass is 10.0. The summed E-state index contributed by atoms with van der Waals surface area (Å²) in [5.41, 5.74) is 8.69. The standard InChI is InChI=1S/C16H21N3O/c1-12(8-13-6-4-5-7-16(13)20-3)19(2)15-9-14(17)10-18-11-15/h4-7,9-12H,8,17H2,1-3H3. The fraction of sp³-hybridized carbons (Fsp3) is 0.312. The number of anilines is 2. The smallest absolute Gasteiger partial charge is 0.122 e. The number of hydrogen-bond donors (Lipinski definition) is 1. The molecule has 0 spiro atoms. The Balaban J connectivity index is 2.13. The molecule has 0 aliphatic heterocycles. The summed E-state index contributed by atoms with van der Waals surface area (Å²) in [5.74, 6) is 0.929. The fourth-order valence-corrected chi connectivity index (χ4v) is 2.22. The highest BCUT2D eigenvalue weighted by molar-refractivity contribution is 5.53. The quantitative estimate of drug-likeness (QED) is 0.908. The Morgan fingerprint density at radius 1 is 1.30 bits per heavy atom. The molecule has 2 aromatic rings. The predicted octanol–water partition coefficient (Wildman–Crippen LogP) is 2.74. The highest BCUT2D eigenvalue weighted by atomic mass is 16.5. The largest absolute Gasteiger partial charge is 0.496 e. The average Bonchev–Trinajstić information content (AvgIpc) is 2.47. The van der Waals surface area contributed by atoms with Gasteiger partial charge in [-0.05, 0) is 31.0 Å². The zero-order chi connectivity index (χ0) is 14.5. The van der Waals surface area contributed by atoms with Gasteiger partial charge in [0.05, 0.1) is 24.7 Å². The van der Waals surface area contributed by atoms with Gasteiger partial charge in [0.1, 0.15) is 5.75 Å². The van der Waals surface area contributed by atoms with Gasteiger partial charge in [0.25, 0.3) is 0 Å². The summed E-state index contributed by atoms with van der Waals surface area (Å²) in [7, 11) is 3.76. The van der Waals surface area contributed by atoms with Crippen LogP contribution in [0.25, 0.3) is 0 Å². The highest BCUT2D eigenvalue weighted by Gasteiger charge is 2.13. The van der Waals surface area contributed by atoms with E-state index in [0.29, 0.717) is 11.7 Å². The SMILES string of the molecule is COc1ccccc1CC(C)N(C)c1cncc(N)c1. The number of nitrogens with zero attached hydrogens (tertiary/aromatic N) is 2. The molecule has 0 fully saturated rings. The fourth-order valence-electron chi connectivity index (χ4n) is 2.22. The molecule has 2 rings (SSSR count). The molecule has 4 heteroatoms. The number of aromatic nitrogens is 1. The molecule has 1 aromatic heterocycles. The van der Waals surface area contributed by atoms with Crippen molar-refractivity contribution in [2.75, 3.05) is 24.8 Å². The molecule has 4 nitrogen and oxygen atoms in total. The second-order valence-corrected chi connectivity index (χ2v) is 4.95. The zero-order valence-electron chi connectivity index (χ0n) is 12.2. The van der Waals surface area contributed by atoms with Gasteiger partial charge < -0.3 is 15.4 Å². The number of hydrogen-bond acceptors (Lipinski definition) is 4. The first-order chi connectivity index (χ1) is 9.61. The lowest BCUT2D eigenvalue weighted by molar-refractivity contribution is 0.408. The van der Waals surface area contributed by atoms with Gasteiger partial charge in [0, 0.05) is 19.3 Å². The molecule has 0 aliphatic rings. The number of rotatable bonds is 5. The minimum absolute atomic E-state index is 0.315. The van der Waals surface area contributed by atoms with E-state index in [-0.39, 0.29) is 0 Å². The van der Waals surface area contributed by atoms with E-state index in [1.165, 1.54) is 5.56 Å². The van der Waals surface area contributed by atoms with Gasteiger partial charge in [0.2, 0.25) is 0 Å². The van der Waals surface area contributed by atoms with Crippen molar-refractivity contribution >= 4 is 11.4 Å². The molecular weight excluding hydrogens is 250 g/mol. The number of methoxy groups -OCH3 is 1. The molecule has 106 valence electrons. The summed E-state index contributed by atoms with van der Waals surface area (Å²) in [6, 6.07) is 10.4. The first kappa shape index (κ1) is 14.2. The second-order valence-electron chi connectivity index (χ2n) is 4.95. The minimum Gasteiger partial charge on any atom is -0.496 e. The molecular formula is C16H21N3O. The van der Waals surface area contributed by atoms with Crippen LogP contribution < -0.4 is 15.4 Å². The molecule has 1 aromatic carbocycles. The molecule has 0 aliphatic carbocycles. The lowest BCUT2D eigenvalue weighted by Gasteiger charge is -2.27. The van der Waals surface area contributed by atoms with E-state index in [0.717, 1.165) is 17.9 Å². The van der Waals surface area contributed by atoms with Crippen LogP contribution in [0.15, 0.2) is 42.7 Å². The van der Waals surface area contributed by atoms with Gasteiger partial charge in [-0.25, -0.2) is 0 Å². The average molecular weight is 271 g/mol. The number of ether oxygens (including phenoxy) is 1. The molecule has 0 amide bonds. The molecule has 1 unspecified atom stereocenters. The number of likely N-dealkylation sites (N-methyl/N-ethyl adjacent to an activating group) is 1. The van der Waals surface area contributed by atoms with Crippen LogP contribution >= 0.6 is 0 Å². The summed E-state index contributed by atoms with van der Waals surface area (Å²) in [4.78, 5) is 6.31. The Morgan fingerprint density at radius 2 is 2.05 bits per heavy atom. The third-order valence-electron chi connectivity index (χ3n) is 3.52. The van der Waals surface area contributed by atoms with Crippen LogP contribution in [0, 0.1) is 0 Å². The Hall–Kier alpha value is -2.23. The van der Waals surface area contributed by atoms with Crippen molar-refractivity contribution < 1.29 is 4.74 Å². The third-order valence-corrected chi connectivity index (χ3v) is 3.52. The molecule has 1 heterocycles. The summed E-state index contributed by atoms with van der Waals surface area (Å²) in [6.45, 7) is 2.18. The van der Waals surface area contributed by atoms with E-state index in [1.54, 1.807) is 13.3 Å². The van der Waals surface area contributed by atoms with Gasteiger partial charge in [-0.3, -0.25) is 4.98 Å². The first-order valence-corrected chi connectivity index (χ1v) is 6.67. The minimum atomic E-state index is 0.315. The maximum Gasteiger partial charge on any atom is 0.122 e. The van der Waals surface area contributed by atoms with Crippen LogP contribution in [0.2, 0.25) is 0 Å². The first-order valence-electron chi connectivity index (χ1n) is 6.67. The second kappa shape index (κ2) is 6.28. The van der Waals surface area contributed by atoms with Crippen LogP contribution in [-0.4, -0.2) is 25.2 Å². The Morgan fingerprint density at radius 3 is 2.75 bits per heavy atom. The van der Waals surface area contributed by atoms with Crippen molar-refractivity contribution in [3.05, 3.63) is 48.3 Å². The number of benzene rings is 1.